The van der Waals surface area contributed by atoms with Gasteiger partial charge in [0.25, 0.3) is 5.91 Å². The van der Waals surface area contributed by atoms with E-state index in [0.29, 0.717) is 13.0 Å². The zero-order valence-electron chi connectivity index (χ0n) is 20.4. The van der Waals surface area contributed by atoms with Crippen LogP contribution in [0.1, 0.15) is 67.9 Å². The summed E-state index contributed by atoms with van der Waals surface area (Å²) >= 11 is 0. The molecule has 0 saturated carbocycles. The van der Waals surface area contributed by atoms with E-state index in [2.05, 4.69) is 5.32 Å². The van der Waals surface area contributed by atoms with Gasteiger partial charge in [-0.25, -0.2) is 13.6 Å². The van der Waals surface area contributed by atoms with Gasteiger partial charge in [-0.3, -0.25) is 4.79 Å². The molecule has 35 heavy (non-hydrogen) atoms. The Balaban J connectivity index is 1.83. The number of carbonyl (C=O) groups is 2. The summed E-state index contributed by atoms with van der Waals surface area (Å²) in [5.74, 6) is -3.51. The van der Waals surface area contributed by atoms with Gasteiger partial charge in [0.1, 0.15) is 5.60 Å². The van der Waals surface area contributed by atoms with Crippen LogP contribution in [0.2, 0.25) is 0 Å². The van der Waals surface area contributed by atoms with Crippen LogP contribution < -0.4 is 10.2 Å². The van der Waals surface area contributed by atoms with Crippen molar-refractivity contribution in [2.75, 3.05) is 31.1 Å². The van der Waals surface area contributed by atoms with Crippen molar-refractivity contribution in [1.29, 1.82) is 0 Å². The van der Waals surface area contributed by atoms with E-state index in [1.165, 1.54) is 16.7 Å². The molecule has 11 heteroatoms. The molecular weight excluding hydrogens is 473 g/mol. The number of anilines is 1. The Kier molecular flexibility index (Phi) is 7.57. The molecule has 2 heterocycles. The van der Waals surface area contributed by atoms with Crippen LogP contribution in [0.4, 0.5) is 32.4 Å². The number of nitrogens with one attached hydrogen (secondary N) is 1. The Morgan fingerprint density at radius 1 is 1.09 bits per heavy atom. The Morgan fingerprint density at radius 3 is 2.40 bits per heavy atom. The van der Waals surface area contributed by atoms with E-state index in [1.54, 1.807) is 20.8 Å². The monoisotopic (exact) mass is 505 g/mol. The maximum absolute atomic E-state index is 13.9. The number of rotatable bonds is 3. The summed E-state index contributed by atoms with van der Waals surface area (Å²) in [5, 5.41) is 2.80. The van der Waals surface area contributed by atoms with Gasteiger partial charge in [-0.05, 0) is 58.2 Å². The van der Waals surface area contributed by atoms with Crippen LogP contribution in [0.15, 0.2) is 12.1 Å². The molecule has 0 radical (unpaired) electrons. The van der Waals surface area contributed by atoms with Gasteiger partial charge in [0, 0.05) is 45.1 Å². The third kappa shape index (κ3) is 6.98. The molecule has 0 bridgehead atoms. The van der Waals surface area contributed by atoms with Crippen molar-refractivity contribution in [2.45, 2.75) is 77.1 Å². The number of likely N-dealkylation sites (tertiary alicyclic amines) is 1. The largest absolute Gasteiger partial charge is 0.444 e. The van der Waals surface area contributed by atoms with Gasteiger partial charge >= 0.3 is 12.3 Å². The number of aryl methyl sites for hydroxylation is 1. The van der Waals surface area contributed by atoms with Crippen molar-refractivity contribution in [3.05, 3.63) is 28.8 Å². The van der Waals surface area contributed by atoms with Gasteiger partial charge in [-0.15, -0.1) is 0 Å². The van der Waals surface area contributed by atoms with Gasteiger partial charge in [0.15, 0.2) is 0 Å². The second kappa shape index (κ2) is 9.81. The minimum absolute atomic E-state index is 0.00330. The SMILES string of the molecule is Cc1cc(C(=O)NC2CCN(C(=O)OC(C)(C)C)C2)c(N2CCCC(F)(F)CC2)cc1C(F)(F)F. The number of halogens is 5. The molecule has 2 aliphatic heterocycles. The second-order valence-electron chi connectivity index (χ2n) is 10.3. The molecule has 3 rings (SSSR count). The van der Waals surface area contributed by atoms with E-state index in [4.69, 9.17) is 4.74 Å². The van der Waals surface area contributed by atoms with Crippen molar-refractivity contribution in [1.82, 2.24) is 10.2 Å². The molecule has 2 amide bonds. The molecule has 0 spiro atoms. The molecule has 1 aromatic carbocycles. The second-order valence-corrected chi connectivity index (χ2v) is 10.3. The van der Waals surface area contributed by atoms with Crippen molar-refractivity contribution in [3.8, 4) is 0 Å². The number of hydrogen-bond donors (Lipinski definition) is 1. The maximum atomic E-state index is 13.9. The third-order valence-corrected chi connectivity index (χ3v) is 6.13. The first-order valence-electron chi connectivity index (χ1n) is 11.7. The minimum atomic E-state index is -4.65. The fourth-order valence-corrected chi connectivity index (χ4v) is 4.38. The molecule has 1 N–H and O–H groups in total. The summed E-state index contributed by atoms with van der Waals surface area (Å²) < 4.78 is 74.0. The number of benzene rings is 1. The fraction of sp³-hybridized carbons (Fsp3) is 0.667. The first-order valence-corrected chi connectivity index (χ1v) is 11.7. The lowest BCUT2D eigenvalue weighted by molar-refractivity contribution is -0.138. The smallest absolute Gasteiger partial charge is 0.416 e. The molecule has 2 aliphatic rings. The molecule has 1 aromatic rings. The highest BCUT2D eigenvalue weighted by molar-refractivity contribution is 6.00. The average molecular weight is 506 g/mol. The number of hydrogen-bond acceptors (Lipinski definition) is 4. The molecule has 0 aromatic heterocycles. The van der Waals surface area contributed by atoms with E-state index in [9.17, 15) is 31.5 Å². The predicted octanol–water partition coefficient (Wildman–Crippen LogP) is 5.38. The lowest BCUT2D eigenvalue weighted by atomic mass is 10.0. The van der Waals surface area contributed by atoms with Gasteiger partial charge < -0.3 is 19.9 Å². The standard InChI is InChI=1S/C24H32F5N3O3/c1-15-12-17(20(33)30-16-6-10-32(14-16)21(34)35-22(2,3)4)19(13-18(15)24(27,28)29)31-9-5-7-23(25,26)8-11-31/h12-13,16H,5-11,14H2,1-4H3,(H,30,33). The summed E-state index contributed by atoms with van der Waals surface area (Å²) in [6, 6.07) is 1.63. The summed E-state index contributed by atoms with van der Waals surface area (Å²) in [6.07, 6.45) is -5.47. The van der Waals surface area contributed by atoms with E-state index in [-0.39, 0.29) is 49.3 Å². The highest BCUT2D eigenvalue weighted by Crippen LogP contribution is 2.38. The lowest BCUT2D eigenvalue weighted by Gasteiger charge is -2.28. The topological polar surface area (TPSA) is 61.9 Å². The van der Waals surface area contributed by atoms with E-state index < -0.39 is 47.7 Å². The molecule has 0 aliphatic carbocycles. The summed E-state index contributed by atoms with van der Waals surface area (Å²) in [5.41, 5.74) is -1.73. The van der Waals surface area contributed by atoms with Crippen LogP contribution in [0.25, 0.3) is 0 Å². The van der Waals surface area contributed by atoms with Crippen LogP contribution >= 0.6 is 0 Å². The molecule has 2 fully saturated rings. The number of amides is 2. The normalized spacial score (nSPS) is 21.0. The third-order valence-electron chi connectivity index (χ3n) is 6.13. The van der Waals surface area contributed by atoms with Gasteiger partial charge in [0.05, 0.1) is 16.8 Å². The number of ether oxygens (including phenoxy) is 1. The van der Waals surface area contributed by atoms with Crippen molar-refractivity contribution < 1.29 is 36.3 Å². The number of alkyl halides is 5. The molecule has 6 nitrogen and oxygen atoms in total. The number of nitrogens with zero attached hydrogens (tertiary/aromatic N) is 2. The molecule has 1 unspecified atom stereocenters. The van der Waals surface area contributed by atoms with Crippen molar-refractivity contribution in [3.63, 3.8) is 0 Å². The van der Waals surface area contributed by atoms with Crippen molar-refractivity contribution >= 4 is 17.7 Å². The lowest BCUT2D eigenvalue weighted by Crippen LogP contribution is -2.40. The first kappa shape index (κ1) is 27.0. The Morgan fingerprint density at radius 2 is 1.77 bits per heavy atom. The van der Waals surface area contributed by atoms with Crippen LogP contribution in [-0.2, 0) is 10.9 Å². The highest BCUT2D eigenvalue weighted by atomic mass is 19.4. The van der Waals surface area contributed by atoms with E-state index in [1.807, 2.05) is 0 Å². The van der Waals surface area contributed by atoms with Gasteiger partial charge in [-0.1, -0.05) is 0 Å². The summed E-state index contributed by atoms with van der Waals surface area (Å²) in [4.78, 5) is 28.4. The van der Waals surface area contributed by atoms with E-state index in [0.717, 1.165) is 12.1 Å². The first-order chi connectivity index (χ1) is 16.1. The Hall–Kier alpha value is -2.59. The molecule has 196 valence electrons. The molecular formula is C24H32F5N3O3. The Labute approximate surface area is 201 Å². The molecule has 1 atom stereocenters. The van der Waals surface area contributed by atoms with Crippen LogP contribution in [-0.4, -0.2) is 60.6 Å². The average Bonchev–Trinajstić information content (AvgIpc) is 3.09. The summed E-state index contributed by atoms with van der Waals surface area (Å²) in [6.45, 7) is 7.01. The van der Waals surface area contributed by atoms with E-state index >= 15 is 0 Å². The van der Waals surface area contributed by atoms with Gasteiger partial charge in [-0.2, -0.15) is 13.2 Å². The van der Waals surface area contributed by atoms with Gasteiger partial charge in [0.2, 0.25) is 5.92 Å². The zero-order valence-corrected chi connectivity index (χ0v) is 20.4. The van der Waals surface area contributed by atoms with Crippen LogP contribution in [0.5, 0.6) is 0 Å². The predicted molar refractivity (Wildman–Crippen MR) is 121 cm³/mol. The molecule has 2 saturated heterocycles. The fourth-order valence-electron chi connectivity index (χ4n) is 4.38. The van der Waals surface area contributed by atoms with Crippen molar-refractivity contribution in [2.24, 2.45) is 0 Å². The Bertz CT molecular complexity index is 959. The zero-order chi connectivity index (χ0) is 26.2. The minimum Gasteiger partial charge on any atom is -0.444 e. The maximum Gasteiger partial charge on any atom is 0.416 e. The highest BCUT2D eigenvalue weighted by Gasteiger charge is 2.37. The quantitative estimate of drug-likeness (QED) is 0.561. The summed E-state index contributed by atoms with van der Waals surface area (Å²) in [7, 11) is 0. The number of carbonyl (C=O) groups excluding carboxylic acids is 2. The van der Waals surface area contributed by atoms with Crippen LogP contribution in [0, 0.1) is 6.92 Å². The van der Waals surface area contributed by atoms with Crippen LogP contribution in [0.3, 0.4) is 0 Å².